The summed E-state index contributed by atoms with van der Waals surface area (Å²) in [5.74, 6) is 2.25. The van der Waals surface area contributed by atoms with Gasteiger partial charge >= 0.3 is 0 Å². The summed E-state index contributed by atoms with van der Waals surface area (Å²) < 4.78 is 18.7. The van der Waals surface area contributed by atoms with Gasteiger partial charge in [0.2, 0.25) is 5.91 Å². The second-order valence-corrected chi connectivity index (χ2v) is 9.32. The summed E-state index contributed by atoms with van der Waals surface area (Å²) in [6.45, 7) is 2.28. The van der Waals surface area contributed by atoms with E-state index in [0.717, 1.165) is 55.3 Å². The summed E-state index contributed by atoms with van der Waals surface area (Å²) in [5.41, 5.74) is 1.92. The zero-order chi connectivity index (χ0) is 21.5. The van der Waals surface area contributed by atoms with Crippen molar-refractivity contribution in [3.05, 3.63) is 53.2 Å². The molecule has 6 heteroatoms. The molecule has 0 spiro atoms. The van der Waals surface area contributed by atoms with Crippen LogP contribution in [0.15, 0.2) is 34.9 Å². The Kier molecular flexibility index (Phi) is 7.73. The molecule has 2 fully saturated rings. The van der Waals surface area contributed by atoms with Gasteiger partial charge < -0.3 is 15.2 Å². The van der Waals surface area contributed by atoms with E-state index in [-0.39, 0.29) is 11.7 Å². The number of benzene rings is 1. The third-order valence-electron chi connectivity index (χ3n) is 6.91. The maximum Gasteiger partial charge on any atom is 0.220 e. The SMILES string of the molecule is O=C(C[C@@H]1CCNC[C@@H]1Cc1cc(CC2CCCCC2)on1)NCc1ccc(F)cc1. The van der Waals surface area contributed by atoms with E-state index in [2.05, 4.69) is 21.9 Å². The van der Waals surface area contributed by atoms with Gasteiger partial charge in [-0.15, -0.1) is 0 Å². The van der Waals surface area contributed by atoms with E-state index in [1.807, 2.05) is 0 Å². The third kappa shape index (κ3) is 6.63. The van der Waals surface area contributed by atoms with Crippen molar-refractivity contribution in [2.75, 3.05) is 13.1 Å². The molecule has 5 nitrogen and oxygen atoms in total. The monoisotopic (exact) mass is 427 g/mol. The van der Waals surface area contributed by atoms with E-state index in [4.69, 9.17) is 4.52 Å². The summed E-state index contributed by atoms with van der Waals surface area (Å²) in [5, 5.41) is 10.8. The van der Waals surface area contributed by atoms with Crippen LogP contribution in [0.4, 0.5) is 4.39 Å². The lowest BCUT2D eigenvalue weighted by atomic mass is 9.81. The van der Waals surface area contributed by atoms with Crippen LogP contribution < -0.4 is 10.6 Å². The minimum Gasteiger partial charge on any atom is -0.361 e. The number of halogens is 1. The second kappa shape index (κ2) is 10.9. The molecule has 1 aromatic heterocycles. The van der Waals surface area contributed by atoms with Crippen LogP contribution in [0, 0.1) is 23.6 Å². The Labute approximate surface area is 184 Å². The molecular weight excluding hydrogens is 393 g/mol. The number of nitrogens with zero attached hydrogens (tertiary/aromatic N) is 1. The summed E-state index contributed by atoms with van der Waals surface area (Å²) in [6.07, 6.45) is 10.00. The highest BCUT2D eigenvalue weighted by atomic mass is 19.1. The number of carbonyl (C=O) groups is 1. The predicted octanol–water partition coefficient (Wildman–Crippen LogP) is 4.41. The molecule has 2 aliphatic rings. The van der Waals surface area contributed by atoms with Gasteiger partial charge in [-0.05, 0) is 61.4 Å². The Bertz CT molecular complexity index is 830. The van der Waals surface area contributed by atoms with Crippen molar-refractivity contribution in [1.29, 1.82) is 0 Å². The summed E-state index contributed by atoms with van der Waals surface area (Å²) in [7, 11) is 0. The summed E-state index contributed by atoms with van der Waals surface area (Å²) in [4.78, 5) is 12.5. The molecule has 1 aliphatic heterocycles. The molecule has 0 radical (unpaired) electrons. The highest BCUT2D eigenvalue weighted by Crippen LogP contribution is 2.29. The maximum atomic E-state index is 13.0. The lowest BCUT2D eigenvalue weighted by Gasteiger charge is -2.31. The van der Waals surface area contributed by atoms with Gasteiger partial charge in [0, 0.05) is 25.5 Å². The smallest absolute Gasteiger partial charge is 0.220 e. The predicted molar refractivity (Wildman–Crippen MR) is 118 cm³/mol. The number of nitrogens with one attached hydrogen (secondary N) is 2. The van der Waals surface area contributed by atoms with Crippen LogP contribution in [0.5, 0.6) is 0 Å². The lowest BCUT2D eigenvalue weighted by molar-refractivity contribution is -0.122. The molecule has 2 N–H and O–H groups in total. The minimum absolute atomic E-state index is 0.0550. The van der Waals surface area contributed by atoms with Crippen molar-refractivity contribution in [1.82, 2.24) is 15.8 Å². The standard InChI is InChI=1S/C25H34FN3O2/c26-22-8-6-19(7-9-22)16-28-25(30)14-20-10-11-27-17-21(20)13-23-15-24(31-29-23)12-18-4-2-1-3-5-18/h6-9,15,18,20-21,27H,1-5,10-14,16-17H2,(H,28,30)/t20-,21-/m0/s1. The fraction of sp³-hybridized carbons (Fsp3) is 0.600. The van der Waals surface area contributed by atoms with Crippen LogP contribution in [-0.4, -0.2) is 24.2 Å². The van der Waals surface area contributed by atoms with Gasteiger partial charge in [-0.25, -0.2) is 4.39 Å². The quantitative estimate of drug-likeness (QED) is 0.655. The van der Waals surface area contributed by atoms with Gasteiger partial charge in [0.05, 0.1) is 5.69 Å². The van der Waals surface area contributed by atoms with E-state index in [0.29, 0.717) is 24.8 Å². The Balaban J connectivity index is 1.27. The maximum absolute atomic E-state index is 13.0. The molecule has 1 aromatic carbocycles. The summed E-state index contributed by atoms with van der Waals surface area (Å²) in [6, 6.07) is 8.39. The molecular formula is C25H34FN3O2. The van der Waals surface area contributed by atoms with E-state index in [1.54, 1.807) is 12.1 Å². The van der Waals surface area contributed by atoms with Crippen LogP contribution in [0.1, 0.15) is 62.0 Å². The second-order valence-electron chi connectivity index (χ2n) is 9.32. The number of amides is 1. The highest BCUT2D eigenvalue weighted by molar-refractivity contribution is 5.76. The van der Waals surface area contributed by atoms with Crippen LogP contribution in [-0.2, 0) is 24.2 Å². The first kappa shape index (κ1) is 22.0. The Morgan fingerprint density at radius 3 is 2.71 bits per heavy atom. The van der Waals surface area contributed by atoms with Crippen LogP contribution in [0.25, 0.3) is 0 Å². The molecule has 1 saturated carbocycles. The Morgan fingerprint density at radius 1 is 1.10 bits per heavy atom. The van der Waals surface area contributed by atoms with Gasteiger partial charge in [0.1, 0.15) is 11.6 Å². The topological polar surface area (TPSA) is 67.2 Å². The van der Waals surface area contributed by atoms with E-state index in [9.17, 15) is 9.18 Å². The normalized spacial score (nSPS) is 22.4. The zero-order valence-corrected chi connectivity index (χ0v) is 18.2. The largest absolute Gasteiger partial charge is 0.361 e. The molecule has 31 heavy (non-hydrogen) atoms. The van der Waals surface area contributed by atoms with Crippen molar-refractivity contribution in [2.24, 2.45) is 17.8 Å². The first-order chi connectivity index (χ1) is 15.2. The van der Waals surface area contributed by atoms with E-state index < -0.39 is 0 Å². The van der Waals surface area contributed by atoms with E-state index >= 15 is 0 Å². The molecule has 2 atom stereocenters. The number of hydrogen-bond donors (Lipinski definition) is 2. The van der Waals surface area contributed by atoms with Crippen molar-refractivity contribution >= 4 is 5.91 Å². The number of piperidine rings is 1. The molecule has 4 rings (SSSR count). The third-order valence-corrected chi connectivity index (χ3v) is 6.91. The molecule has 168 valence electrons. The van der Waals surface area contributed by atoms with Gasteiger partial charge in [0.15, 0.2) is 0 Å². The molecule has 1 saturated heterocycles. The van der Waals surface area contributed by atoms with Crippen molar-refractivity contribution in [2.45, 2.75) is 64.3 Å². The fourth-order valence-electron chi connectivity index (χ4n) is 5.09. The molecule has 1 amide bonds. The highest BCUT2D eigenvalue weighted by Gasteiger charge is 2.28. The van der Waals surface area contributed by atoms with Gasteiger partial charge in [-0.1, -0.05) is 49.4 Å². The van der Waals surface area contributed by atoms with Crippen LogP contribution in [0.2, 0.25) is 0 Å². The average Bonchev–Trinajstić information content (AvgIpc) is 3.22. The number of rotatable bonds is 8. The Hall–Kier alpha value is -2.21. The number of aromatic nitrogens is 1. The summed E-state index contributed by atoms with van der Waals surface area (Å²) >= 11 is 0. The molecule has 0 bridgehead atoms. The van der Waals surface area contributed by atoms with Crippen LogP contribution >= 0.6 is 0 Å². The van der Waals surface area contributed by atoms with Crippen molar-refractivity contribution in [3.63, 3.8) is 0 Å². The van der Waals surface area contributed by atoms with Gasteiger partial charge in [-0.2, -0.15) is 0 Å². The molecule has 1 aliphatic carbocycles. The number of hydrogen-bond acceptors (Lipinski definition) is 4. The van der Waals surface area contributed by atoms with Gasteiger partial charge in [-0.3, -0.25) is 4.79 Å². The minimum atomic E-state index is -0.262. The first-order valence-corrected chi connectivity index (χ1v) is 11.8. The molecule has 2 heterocycles. The van der Waals surface area contributed by atoms with Crippen molar-refractivity contribution < 1.29 is 13.7 Å². The molecule has 0 unspecified atom stereocenters. The number of carbonyl (C=O) groups excluding carboxylic acids is 1. The average molecular weight is 428 g/mol. The van der Waals surface area contributed by atoms with E-state index in [1.165, 1.54) is 44.2 Å². The van der Waals surface area contributed by atoms with Crippen LogP contribution in [0.3, 0.4) is 0 Å². The Morgan fingerprint density at radius 2 is 1.90 bits per heavy atom. The van der Waals surface area contributed by atoms with Gasteiger partial charge in [0.25, 0.3) is 0 Å². The van der Waals surface area contributed by atoms with Crippen molar-refractivity contribution in [3.8, 4) is 0 Å². The zero-order valence-electron chi connectivity index (χ0n) is 18.2. The first-order valence-electron chi connectivity index (χ1n) is 11.8. The lowest BCUT2D eigenvalue weighted by Crippen LogP contribution is -2.40. The fourth-order valence-corrected chi connectivity index (χ4v) is 5.09. The molecule has 2 aromatic rings.